The topological polar surface area (TPSA) is 161 Å². The van der Waals surface area contributed by atoms with Crippen molar-refractivity contribution in [3.63, 3.8) is 0 Å². The van der Waals surface area contributed by atoms with Gasteiger partial charge in [0.15, 0.2) is 11.5 Å². The van der Waals surface area contributed by atoms with Gasteiger partial charge in [0, 0.05) is 13.1 Å². The Morgan fingerprint density at radius 2 is 2.03 bits per heavy atom. The van der Waals surface area contributed by atoms with E-state index >= 15 is 0 Å². The fourth-order valence-corrected chi connectivity index (χ4v) is 5.48. The van der Waals surface area contributed by atoms with Crippen LogP contribution in [-0.4, -0.2) is 73.7 Å². The zero-order valence-corrected chi connectivity index (χ0v) is 21.0. The number of halogens is 1. The largest absolute Gasteiger partial charge is 0.492 e. The molecule has 37 heavy (non-hydrogen) atoms. The number of piperidine rings is 1. The highest BCUT2D eigenvalue weighted by atomic mass is 35.5. The van der Waals surface area contributed by atoms with Gasteiger partial charge in [-0.25, -0.2) is 23.0 Å². The summed E-state index contributed by atoms with van der Waals surface area (Å²) in [4.78, 5) is 18.0. The van der Waals surface area contributed by atoms with E-state index in [0.717, 1.165) is 6.33 Å². The fraction of sp³-hybridized carbons (Fsp3) is 0.273. The second kappa shape index (κ2) is 10.0. The van der Waals surface area contributed by atoms with E-state index in [1.54, 1.807) is 23.1 Å². The molecule has 1 fully saturated rings. The summed E-state index contributed by atoms with van der Waals surface area (Å²) in [6.45, 7) is 0.753. The fourth-order valence-electron chi connectivity index (χ4n) is 3.97. The maximum atomic E-state index is 13.5. The summed E-state index contributed by atoms with van der Waals surface area (Å²) in [5, 5.41) is 18.4. The number of aromatic hydroxyl groups is 1. The zero-order valence-electron chi connectivity index (χ0n) is 19.4. The number of ether oxygens (including phenoxy) is 1. The van der Waals surface area contributed by atoms with Crippen molar-refractivity contribution in [2.24, 2.45) is 0 Å². The lowest BCUT2D eigenvalue weighted by molar-refractivity contribution is 0.382. The van der Waals surface area contributed by atoms with Gasteiger partial charge in [-0.2, -0.15) is 9.97 Å². The van der Waals surface area contributed by atoms with Gasteiger partial charge in [-0.1, -0.05) is 29.1 Å². The number of hydrogen-bond acceptors (Lipinski definition) is 11. The van der Waals surface area contributed by atoms with E-state index in [1.807, 2.05) is 0 Å². The van der Waals surface area contributed by atoms with E-state index in [9.17, 15) is 13.5 Å². The minimum Gasteiger partial charge on any atom is -0.492 e. The van der Waals surface area contributed by atoms with Crippen molar-refractivity contribution < 1.29 is 18.3 Å². The number of aromatic nitrogens is 7. The third-order valence-corrected chi connectivity index (χ3v) is 7.60. The lowest BCUT2D eigenvalue weighted by Crippen LogP contribution is -2.45. The molecule has 15 heteroatoms. The maximum absolute atomic E-state index is 13.5. The van der Waals surface area contributed by atoms with Gasteiger partial charge >= 0.3 is 0 Å². The van der Waals surface area contributed by atoms with Gasteiger partial charge < -0.3 is 14.7 Å². The number of sulfonamides is 1. The lowest BCUT2D eigenvalue weighted by Gasteiger charge is -2.32. The van der Waals surface area contributed by atoms with Crippen LogP contribution in [0.25, 0.3) is 11.3 Å². The van der Waals surface area contributed by atoms with Gasteiger partial charge in [0.2, 0.25) is 33.7 Å². The highest BCUT2D eigenvalue weighted by molar-refractivity contribution is 7.93. The molecule has 3 aromatic heterocycles. The molecule has 1 atom stereocenters. The monoisotopic (exact) mass is 541 g/mol. The van der Waals surface area contributed by atoms with E-state index in [0.29, 0.717) is 35.9 Å². The number of allylic oxidation sites excluding steroid dienone is 4. The van der Waals surface area contributed by atoms with Crippen molar-refractivity contribution in [2.75, 3.05) is 29.8 Å². The molecule has 0 unspecified atom stereocenters. The van der Waals surface area contributed by atoms with E-state index in [4.69, 9.17) is 16.3 Å². The first-order valence-corrected chi connectivity index (χ1v) is 13.0. The molecule has 1 aliphatic heterocycles. The number of nitrogens with zero attached hydrogens (tertiary/aromatic N) is 8. The van der Waals surface area contributed by atoms with E-state index in [2.05, 4.69) is 46.3 Å². The maximum Gasteiger partial charge on any atom is 0.245 e. The molecule has 4 heterocycles. The highest BCUT2D eigenvalue weighted by Crippen LogP contribution is 2.34. The van der Waals surface area contributed by atoms with Crippen molar-refractivity contribution in [1.82, 2.24) is 34.7 Å². The lowest BCUT2D eigenvalue weighted by atomic mass is 10.1. The molecule has 2 aliphatic rings. The van der Waals surface area contributed by atoms with Gasteiger partial charge in [0.05, 0.1) is 35.3 Å². The second-order valence-electron chi connectivity index (χ2n) is 8.01. The van der Waals surface area contributed by atoms with Crippen molar-refractivity contribution in [3.8, 4) is 17.4 Å². The second-order valence-corrected chi connectivity index (χ2v) is 10.4. The van der Waals surface area contributed by atoms with Gasteiger partial charge in [0.25, 0.3) is 0 Å². The summed E-state index contributed by atoms with van der Waals surface area (Å²) >= 11 is 5.88. The Hall–Kier alpha value is -4.22. The van der Waals surface area contributed by atoms with Crippen molar-refractivity contribution >= 4 is 39.1 Å². The number of nitrogens with one attached hydrogen (secondary N) is 1. The summed E-state index contributed by atoms with van der Waals surface area (Å²) < 4.78 is 36.2. The number of hydrogen-bond donors (Lipinski definition) is 2. The van der Waals surface area contributed by atoms with Crippen LogP contribution in [-0.2, 0) is 10.0 Å². The molecule has 0 saturated carbocycles. The quantitative estimate of drug-likeness (QED) is 0.420. The first-order valence-electron chi connectivity index (χ1n) is 11.0. The molecule has 1 saturated heterocycles. The molecular weight excluding hydrogens is 522 g/mol. The Labute approximate surface area is 216 Å². The van der Waals surface area contributed by atoms with Crippen LogP contribution in [0.3, 0.4) is 0 Å². The summed E-state index contributed by atoms with van der Waals surface area (Å²) in [5.74, 6) is -0.107. The molecule has 0 amide bonds. The molecular formula is C22H20ClN9O4S. The molecule has 0 aromatic carbocycles. The van der Waals surface area contributed by atoms with E-state index in [1.165, 1.54) is 24.1 Å². The predicted octanol–water partition coefficient (Wildman–Crippen LogP) is 1.89. The summed E-state index contributed by atoms with van der Waals surface area (Å²) in [6, 6.07) is 0. The van der Waals surface area contributed by atoms with Crippen LogP contribution in [0.2, 0.25) is 5.02 Å². The van der Waals surface area contributed by atoms with Gasteiger partial charge in [-0.05, 0) is 25.0 Å². The van der Waals surface area contributed by atoms with Crippen molar-refractivity contribution in [1.29, 1.82) is 0 Å². The number of rotatable bonds is 7. The van der Waals surface area contributed by atoms with Crippen molar-refractivity contribution in [3.05, 3.63) is 59.3 Å². The molecule has 5 rings (SSSR count). The third-order valence-electron chi connectivity index (χ3n) is 5.68. The average molecular weight is 542 g/mol. The molecule has 0 radical (unpaired) electrons. The first kappa shape index (κ1) is 24.5. The average Bonchev–Trinajstić information content (AvgIpc) is 3.31. The molecule has 0 bridgehead atoms. The zero-order chi connectivity index (χ0) is 26.0. The van der Waals surface area contributed by atoms with Gasteiger partial charge in [-0.15, -0.1) is 10.2 Å². The van der Waals surface area contributed by atoms with Crippen LogP contribution < -0.4 is 14.4 Å². The minimum absolute atomic E-state index is 0.0161. The van der Waals surface area contributed by atoms with Gasteiger partial charge in [-0.3, -0.25) is 4.72 Å². The molecule has 3 aromatic rings. The van der Waals surface area contributed by atoms with Crippen LogP contribution in [0.15, 0.2) is 48.4 Å². The van der Waals surface area contributed by atoms with Crippen LogP contribution in [0.4, 0.5) is 11.9 Å². The first-order chi connectivity index (χ1) is 17.9. The SMILES string of the molecule is COc1ncnc(O)c1-n1c(NS(=O)(=O)[C@H]2CCCN(c3ncc(Cl)cn3)C2)nnc1C1=C=C=CC=C1. The van der Waals surface area contributed by atoms with Crippen LogP contribution in [0, 0.1) is 0 Å². The third kappa shape index (κ3) is 4.91. The minimum atomic E-state index is -4.00. The summed E-state index contributed by atoms with van der Waals surface area (Å²) in [5.41, 5.74) is 6.12. The number of anilines is 2. The standard InChI is InChI=1S/C22H20ClN9O4S/c1-36-20-17(19(33)26-13-27-20)32-18(14-6-3-2-4-7-14)28-29-22(32)30-37(34,35)16-8-5-9-31(12-16)21-24-10-15(23)11-25-21/h2-3,6,10-11,13,16H,5,8-9,12H2,1H3,(H,29,30)(H,26,27,33)/t16-/m0/s1. The Kier molecular flexibility index (Phi) is 6.64. The summed E-state index contributed by atoms with van der Waals surface area (Å²) in [7, 11) is -2.64. The smallest absolute Gasteiger partial charge is 0.245 e. The molecule has 0 spiro atoms. The number of methoxy groups -OCH3 is 1. The van der Waals surface area contributed by atoms with Gasteiger partial charge in [0.1, 0.15) is 6.33 Å². The Balaban J connectivity index is 1.53. The van der Waals surface area contributed by atoms with Crippen LogP contribution >= 0.6 is 11.6 Å². The Bertz CT molecular complexity index is 1570. The van der Waals surface area contributed by atoms with E-state index in [-0.39, 0.29) is 29.9 Å². The van der Waals surface area contributed by atoms with E-state index < -0.39 is 21.2 Å². The molecule has 2 N–H and O–H groups in total. The predicted molar refractivity (Wildman–Crippen MR) is 134 cm³/mol. The Morgan fingerprint density at radius 1 is 1.22 bits per heavy atom. The highest BCUT2D eigenvalue weighted by Gasteiger charge is 2.34. The van der Waals surface area contributed by atoms with Crippen LogP contribution in [0.1, 0.15) is 18.7 Å². The normalized spacial score (nSPS) is 17.1. The molecule has 1 aliphatic carbocycles. The van der Waals surface area contributed by atoms with Crippen LogP contribution in [0.5, 0.6) is 11.8 Å². The summed E-state index contributed by atoms with van der Waals surface area (Å²) in [6.07, 6.45) is 10.1. The Morgan fingerprint density at radius 3 is 2.76 bits per heavy atom. The van der Waals surface area contributed by atoms with Crippen molar-refractivity contribution in [2.45, 2.75) is 18.1 Å². The molecule has 13 nitrogen and oxygen atoms in total. The molecule has 190 valence electrons.